The molecule has 1 aromatic heterocycles. The van der Waals surface area contributed by atoms with Crippen molar-refractivity contribution >= 4 is 80.2 Å². The third-order valence-electron chi connectivity index (χ3n) is 6.57. The Morgan fingerprint density at radius 2 is 1.78 bits per heavy atom. The van der Waals surface area contributed by atoms with Gasteiger partial charge in [0.1, 0.15) is 12.4 Å². The number of nitrogens with zero attached hydrogens (tertiary/aromatic N) is 3. The molecule has 0 spiro atoms. The van der Waals surface area contributed by atoms with Crippen LogP contribution < -0.4 is 19.6 Å². The molecular formula is C31H19ClF3I2N3O4S. The Bertz CT molecular complexity index is 2030. The zero-order valence-electron chi connectivity index (χ0n) is 23.0. The van der Waals surface area contributed by atoms with Gasteiger partial charge in [-0.2, -0.15) is 18.4 Å². The van der Waals surface area contributed by atoms with Crippen LogP contribution in [0.15, 0.2) is 81.7 Å². The molecule has 2 heterocycles. The Balaban J connectivity index is 1.60. The van der Waals surface area contributed by atoms with Gasteiger partial charge in [-0.25, -0.2) is 9.79 Å². The number of allylic oxidation sites excluding steroid dienone is 1. The van der Waals surface area contributed by atoms with Crippen molar-refractivity contribution in [2.45, 2.75) is 25.7 Å². The first-order valence-corrected chi connectivity index (χ1v) is 16.4. The highest BCUT2D eigenvalue weighted by Gasteiger charge is 2.45. The monoisotopic (exact) mass is 875 g/mol. The van der Waals surface area contributed by atoms with Gasteiger partial charge in [-0.1, -0.05) is 47.2 Å². The lowest BCUT2D eigenvalue weighted by atomic mass is 9.95. The summed E-state index contributed by atoms with van der Waals surface area (Å²) >= 11 is 11.0. The van der Waals surface area contributed by atoms with Crippen molar-refractivity contribution in [1.82, 2.24) is 4.57 Å². The Kier molecular flexibility index (Phi) is 10.1. The standard InChI is InChI=1S/C31H19ClF3I2N3O4S/c1-2-43-29(42)24-25(19-7-9-20(32)10-8-19)40-28(41)23(45-30(40)39-27(24)31(33,34)35)13-18-11-21(36)26(22(37)12-18)44-15-17-5-3-16(14-38)4-6-17/h3-13,25H,2,15H2,1H3/b23-13-/t25-/m1/s1. The number of nitriles is 1. The van der Waals surface area contributed by atoms with E-state index in [0.29, 0.717) is 21.9 Å². The SMILES string of the molecule is CCOC(=O)C1=C(C(F)(F)F)N=c2s/c(=C\c3cc(I)c(OCc4ccc(C#N)cc4)c(I)c3)c(=O)n2[C@@H]1c1ccc(Cl)cc1. The Morgan fingerprint density at radius 1 is 1.13 bits per heavy atom. The second-order valence-corrected chi connectivity index (χ2v) is 13.3. The number of fused-ring (bicyclic) bond motifs is 1. The van der Waals surface area contributed by atoms with Crippen LogP contribution in [-0.2, 0) is 16.1 Å². The third kappa shape index (κ3) is 7.13. The summed E-state index contributed by atoms with van der Waals surface area (Å²) in [4.78, 5) is 30.4. The highest BCUT2D eigenvalue weighted by Crippen LogP contribution is 2.38. The van der Waals surface area contributed by atoms with E-state index in [2.05, 4.69) is 56.2 Å². The van der Waals surface area contributed by atoms with E-state index in [0.717, 1.165) is 28.6 Å². The summed E-state index contributed by atoms with van der Waals surface area (Å²) in [6.45, 7) is 1.57. The van der Waals surface area contributed by atoms with Crippen molar-refractivity contribution in [3.8, 4) is 11.8 Å². The highest BCUT2D eigenvalue weighted by molar-refractivity contribution is 14.1. The van der Waals surface area contributed by atoms with Crippen molar-refractivity contribution in [2.75, 3.05) is 6.61 Å². The number of hydrogen-bond donors (Lipinski definition) is 0. The lowest BCUT2D eigenvalue weighted by Crippen LogP contribution is -2.41. The molecule has 230 valence electrons. The van der Waals surface area contributed by atoms with Crippen LogP contribution >= 0.6 is 68.1 Å². The second-order valence-electron chi connectivity index (χ2n) is 9.53. The number of alkyl halides is 3. The fourth-order valence-corrected chi connectivity index (χ4v) is 7.84. The van der Waals surface area contributed by atoms with Crippen LogP contribution in [0.3, 0.4) is 0 Å². The maximum atomic E-state index is 14.3. The zero-order valence-corrected chi connectivity index (χ0v) is 28.9. The van der Waals surface area contributed by atoms with Crippen molar-refractivity contribution in [2.24, 2.45) is 4.99 Å². The number of rotatable bonds is 7. The number of aromatic nitrogens is 1. The fraction of sp³-hybridized carbons (Fsp3) is 0.161. The van der Waals surface area contributed by atoms with Gasteiger partial charge in [0.05, 0.1) is 41.5 Å². The van der Waals surface area contributed by atoms with Crippen molar-refractivity contribution in [3.63, 3.8) is 0 Å². The Hall–Kier alpha value is -3.20. The first-order valence-electron chi connectivity index (χ1n) is 13.1. The predicted molar refractivity (Wildman–Crippen MR) is 180 cm³/mol. The molecule has 45 heavy (non-hydrogen) atoms. The fourth-order valence-electron chi connectivity index (χ4n) is 4.58. The van der Waals surface area contributed by atoms with E-state index in [1.165, 1.54) is 31.2 Å². The third-order valence-corrected chi connectivity index (χ3v) is 9.40. The number of hydrogen-bond acceptors (Lipinski definition) is 7. The normalized spacial score (nSPS) is 14.9. The van der Waals surface area contributed by atoms with Crippen LogP contribution in [0.5, 0.6) is 5.75 Å². The van der Waals surface area contributed by atoms with E-state index in [-0.39, 0.29) is 28.1 Å². The molecule has 0 saturated carbocycles. The summed E-state index contributed by atoms with van der Waals surface area (Å²) < 4.78 is 56.7. The van der Waals surface area contributed by atoms with Crippen molar-refractivity contribution in [1.29, 1.82) is 5.26 Å². The van der Waals surface area contributed by atoms with Crippen LogP contribution in [0.2, 0.25) is 5.02 Å². The van der Waals surface area contributed by atoms with Gasteiger partial charge in [0.2, 0.25) is 0 Å². The minimum absolute atomic E-state index is 0.122. The number of benzene rings is 3. The first kappa shape index (κ1) is 33.2. The summed E-state index contributed by atoms with van der Waals surface area (Å²) in [6, 6.07) is 17.1. The topological polar surface area (TPSA) is 93.7 Å². The largest absolute Gasteiger partial charge is 0.487 e. The van der Waals surface area contributed by atoms with Gasteiger partial charge in [0, 0.05) is 5.02 Å². The van der Waals surface area contributed by atoms with Gasteiger partial charge < -0.3 is 9.47 Å². The maximum absolute atomic E-state index is 14.3. The summed E-state index contributed by atoms with van der Waals surface area (Å²) in [7, 11) is 0. The number of ether oxygens (including phenoxy) is 2. The van der Waals surface area contributed by atoms with E-state index < -0.39 is 35.0 Å². The molecule has 1 atom stereocenters. The lowest BCUT2D eigenvalue weighted by molar-refractivity contribution is -0.140. The molecule has 0 saturated heterocycles. The van der Waals surface area contributed by atoms with Gasteiger partial charge >= 0.3 is 12.1 Å². The molecule has 1 aliphatic rings. The highest BCUT2D eigenvalue weighted by atomic mass is 127. The average Bonchev–Trinajstić information content (AvgIpc) is 3.30. The van der Waals surface area contributed by atoms with Gasteiger partial charge in [0.25, 0.3) is 5.56 Å². The number of esters is 1. The minimum Gasteiger partial charge on any atom is -0.487 e. The average molecular weight is 876 g/mol. The molecule has 3 aromatic carbocycles. The van der Waals surface area contributed by atoms with E-state index >= 15 is 0 Å². The molecule has 1 aliphatic heterocycles. The van der Waals surface area contributed by atoms with Crippen molar-refractivity contribution in [3.05, 3.63) is 126 Å². The molecule has 0 bridgehead atoms. The van der Waals surface area contributed by atoms with Gasteiger partial charge in [-0.15, -0.1) is 0 Å². The van der Waals surface area contributed by atoms with Crippen LogP contribution in [0, 0.1) is 18.5 Å². The maximum Gasteiger partial charge on any atom is 0.434 e. The summed E-state index contributed by atoms with van der Waals surface area (Å²) in [5, 5.41) is 9.33. The molecule has 7 nitrogen and oxygen atoms in total. The van der Waals surface area contributed by atoms with Gasteiger partial charge in [-0.3, -0.25) is 9.36 Å². The molecule has 0 radical (unpaired) electrons. The van der Waals surface area contributed by atoms with Crippen LogP contribution in [0.25, 0.3) is 6.08 Å². The number of thiazole rings is 1. The lowest BCUT2D eigenvalue weighted by Gasteiger charge is -2.26. The first-order chi connectivity index (χ1) is 21.4. The smallest absolute Gasteiger partial charge is 0.434 e. The molecule has 0 N–H and O–H groups in total. The molecule has 0 amide bonds. The molecular weight excluding hydrogens is 857 g/mol. The van der Waals surface area contributed by atoms with E-state index in [1.54, 1.807) is 42.5 Å². The van der Waals surface area contributed by atoms with Crippen molar-refractivity contribution < 1.29 is 27.4 Å². The van der Waals surface area contributed by atoms with Crippen LogP contribution in [0.4, 0.5) is 13.2 Å². The summed E-state index contributed by atoms with van der Waals surface area (Å²) in [5.41, 5.74) is -0.540. The van der Waals surface area contributed by atoms with Gasteiger partial charge in [-0.05, 0) is 111 Å². The molecule has 5 rings (SSSR count). The Labute approximate surface area is 290 Å². The minimum atomic E-state index is -5.00. The quantitative estimate of drug-likeness (QED) is 0.153. The van der Waals surface area contributed by atoms with Gasteiger partial charge in [0.15, 0.2) is 10.5 Å². The summed E-state index contributed by atoms with van der Waals surface area (Å²) in [6.07, 6.45) is -3.43. The predicted octanol–water partition coefficient (Wildman–Crippen LogP) is 6.65. The molecule has 0 fully saturated rings. The van der Waals surface area contributed by atoms with Crippen LogP contribution in [-0.4, -0.2) is 23.3 Å². The molecule has 14 heteroatoms. The molecule has 0 aliphatic carbocycles. The van der Waals surface area contributed by atoms with Crippen LogP contribution in [0.1, 0.15) is 35.2 Å². The molecule has 4 aromatic rings. The zero-order chi connectivity index (χ0) is 32.5. The number of carbonyl (C=O) groups excluding carboxylic acids is 1. The van der Waals surface area contributed by atoms with E-state index in [1.807, 2.05) is 0 Å². The summed E-state index contributed by atoms with van der Waals surface area (Å²) in [5.74, 6) is -0.598. The Morgan fingerprint density at radius 3 is 2.36 bits per heavy atom. The number of halogens is 6. The molecule has 0 unspecified atom stereocenters. The van der Waals surface area contributed by atoms with E-state index in [4.69, 9.17) is 26.3 Å². The number of carbonyl (C=O) groups is 1. The second kappa shape index (κ2) is 13.7. The van der Waals surface area contributed by atoms with E-state index in [9.17, 15) is 22.8 Å².